The van der Waals surface area contributed by atoms with E-state index in [4.69, 9.17) is 21.3 Å². The minimum absolute atomic E-state index is 0.0121. The second-order valence-corrected chi connectivity index (χ2v) is 9.52. The number of phenols is 1. The van der Waals surface area contributed by atoms with Crippen molar-refractivity contribution in [3.63, 3.8) is 0 Å². The molecule has 9 nitrogen and oxygen atoms in total. The lowest BCUT2D eigenvalue weighted by Crippen LogP contribution is -2.22. The van der Waals surface area contributed by atoms with Crippen molar-refractivity contribution in [2.24, 2.45) is 0 Å². The fraction of sp³-hybridized carbons (Fsp3) is 0.0909. The SMILES string of the molecule is CCc1cc2cccc(-c3ccnc(OC)c3)c2c(=O)n1-c1ccccc1.Nc1ncc(-c2ccc(O)c(F)c2)c(N)n1. The Balaban J connectivity index is 0.000000196. The van der Waals surface area contributed by atoms with Gasteiger partial charge in [-0.05, 0) is 64.9 Å². The second kappa shape index (κ2) is 12.4. The average molecular weight is 577 g/mol. The van der Waals surface area contributed by atoms with E-state index in [1.807, 2.05) is 65.2 Å². The molecule has 0 saturated carbocycles. The van der Waals surface area contributed by atoms with Gasteiger partial charge >= 0.3 is 0 Å². The summed E-state index contributed by atoms with van der Waals surface area (Å²) in [4.78, 5) is 25.3. The van der Waals surface area contributed by atoms with E-state index in [0.717, 1.165) is 40.4 Å². The number of ether oxygens (including phenoxy) is 1. The number of halogens is 1. The zero-order chi connectivity index (χ0) is 30.5. The molecule has 10 heteroatoms. The van der Waals surface area contributed by atoms with Crippen LogP contribution < -0.4 is 21.8 Å². The molecule has 6 aromatic rings. The highest BCUT2D eigenvalue weighted by Crippen LogP contribution is 2.30. The van der Waals surface area contributed by atoms with Crippen molar-refractivity contribution in [1.82, 2.24) is 19.5 Å². The maximum atomic E-state index is 13.6. The van der Waals surface area contributed by atoms with Gasteiger partial charge in [0.25, 0.3) is 5.56 Å². The Morgan fingerprint density at radius 1 is 0.907 bits per heavy atom. The van der Waals surface area contributed by atoms with Crippen molar-refractivity contribution in [2.75, 3.05) is 18.6 Å². The first kappa shape index (κ1) is 28.7. The van der Waals surface area contributed by atoms with Crippen molar-refractivity contribution < 1.29 is 14.2 Å². The molecule has 0 unspecified atom stereocenters. The number of benzene rings is 3. The fourth-order valence-corrected chi connectivity index (χ4v) is 4.77. The number of aryl methyl sites for hydroxylation is 1. The van der Waals surface area contributed by atoms with Gasteiger partial charge in [-0.1, -0.05) is 49.4 Å². The molecule has 0 aliphatic carbocycles. The maximum absolute atomic E-state index is 13.6. The highest BCUT2D eigenvalue weighted by molar-refractivity contribution is 5.96. The van der Waals surface area contributed by atoms with Gasteiger partial charge in [-0.2, -0.15) is 4.98 Å². The molecule has 3 aromatic carbocycles. The van der Waals surface area contributed by atoms with Gasteiger partial charge in [0, 0.05) is 35.4 Å². The normalized spacial score (nSPS) is 10.7. The van der Waals surface area contributed by atoms with E-state index in [0.29, 0.717) is 22.4 Å². The molecular formula is C33H29FN6O3. The number of methoxy groups -OCH3 is 1. The molecular weight excluding hydrogens is 547 g/mol. The quantitative estimate of drug-likeness (QED) is 0.235. The summed E-state index contributed by atoms with van der Waals surface area (Å²) in [6, 6.07) is 25.5. The number of phenolic OH excluding ortho intramolecular Hbond substituents is 1. The monoisotopic (exact) mass is 576 g/mol. The Morgan fingerprint density at radius 2 is 1.67 bits per heavy atom. The third-order valence-electron chi connectivity index (χ3n) is 6.85. The van der Waals surface area contributed by atoms with Crippen molar-refractivity contribution in [3.8, 4) is 39.6 Å². The molecule has 5 N–H and O–H groups in total. The number of anilines is 2. The van der Waals surface area contributed by atoms with Crippen LogP contribution in [-0.2, 0) is 6.42 Å². The van der Waals surface area contributed by atoms with Crippen LogP contribution in [0.2, 0.25) is 0 Å². The molecule has 0 amide bonds. The van der Waals surface area contributed by atoms with Crippen LogP contribution in [0.4, 0.5) is 16.2 Å². The number of para-hydroxylation sites is 1. The van der Waals surface area contributed by atoms with Crippen molar-refractivity contribution in [1.29, 1.82) is 0 Å². The molecule has 3 heterocycles. The predicted octanol–water partition coefficient (Wildman–Crippen LogP) is 5.78. The second-order valence-electron chi connectivity index (χ2n) is 9.52. The van der Waals surface area contributed by atoms with Crippen molar-refractivity contribution in [2.45, 2.75) is 13.3 Å². The average Bonchev–Trinajstić information content (AvgIpc) is 3.03. The topological polar surface area (TPSA) is 142 Å². The molecule has 0 aliphatic heterocycles. The molecule has 0 bridgehead atoms. The summed E-state index contributed by atoms with van der Waals surface area (Å²) in [6.07, 6.45) is 3.88. The molecule has 0 spiro atoms. The van der Waals surface area contributed by atoms with E-state index in [1.165, 1.54) is 18.3 Å². The zero-order valence-electron chi connectivity index (χ0n) is 23.5. The fourth-order valence-electron chi connectivity index (χ4n) is 4.77. The van der Waals surface area contributed by atoms with E-state index in [1.54, 1.807) is 13.3 Å². The van der Waals surface area contributed by atoms with Crippen LogP contribution in [-0.4, -0.2) is 31.7 Å². The van der Waals surface area contributed by atoms with E-state index in [9.17, 15) is 9.18 Å². The smallest absolute Gasteiger partial charge is 0.263 e. The molecule has 0 atom stereocenters. The highest BCUT2D eigenvalue weighted by atomic mass is 19.1. The molecule has 216 valence electrons. The summed E-state index contributed by atoms with van der Waals surface area (Å²) in [7, 11) is 1.59. The van der Waals surface area contributed by atoms with Crippen molar-refractivity contribution in [3.05, 3.63) is 119 Å². The van der Waals surface area contributed by atoms with Gasteiger partial charge in [-0.15, -0.1) is 0 Å². The van der Waals surface area contributed by atoms with E-state index in [-0.39, 0.29) is 17.3 Å². The number of aromatic nitrogens is 4. The van der Waals surface area contributed by atoms with E-state index in [2.05, 4.69) is 27.9 Å². The molecule has 43 heavy (non-hydrogen) atoms. The number of nitrogen functional groups attached to an aromatic ring is 2. The number of pyridine rings is 2. The predicted molar refractivity (Wildman–Crippen MR) is 167 cm³/mol. The van der Waals surface area contributed by atoms with Gasteiger partial charge < -0.3 is 21.3 Å². The summed E-state index contributed by atoms with van der Waals surface area (Å²) in [5.41, 5.74) is 15.6. The lowest BCUT2D eigenvalue weighted by molar-refractivity contribution is 0.398. The Kier molecular flexibility index (Phi) is 8.29. The number of rotatable bonds is 5. The Bertz CT molecular complexity index is 1980. The zero-order valence-corrected chi connectivity index (χ0v) is 23.5. The van der Waals surface area contributed by atoms with E-state index < -0.39 is 11.6 Å². The first-order valence-corrected chi connectivity index (χ1v) is 13.4. The van der Waals surface area contributed by atoms with Crippen LogP contribution in [0.3, 0.4) is 0 Å². The third-order valence-corrected chi connectivity index (χ3v) is 6.85. The number of nitrogens with zero attached hydrogens (tertiary/aromatic N) is 4. The van der Waals surface area contributed by atoms with Crippen LogP contribution in [0.25, 0.3) is 38.7 Å². The summed E-state index contributed by atoms with van der Waals surface area (Å²) in [5, 5.41) is 10.7. The van der Waals surface area contributed by atoms with Crippen LogP contribution in [0, 0.1) is 5.82 Å². The Labute approximate surface area is 246 Å². The number of aromatic hydroxyl groups is 1. The maximum Gasteiger partial charge on any atom is 0.263 e. The minimum Gasteiger partial charge on any atom is -0.505 e. The Morgan fingerprint density at radius 3 is 2.37 bits per heavy atom. The standard InChI is InChI=1S/C23H20N2O2.C10H9FN4O/c1-3-18-14-17-8-7-11-20(16-12-13-24-21(15-16)27-2)22(17)23(26)25(18)19-9-5-4-6-10-19;11-7-3-5(1-2-8(7)16)6-4-14-10(13)15-9(6)12/h4-15H,3H2,1-2H3;1-4,16H,(H4,12,13,14,15). The van der Waals surface area contributed by atoms with Gasteiger partial charge in [0.1, 0.15) is 5.82 Å². The summed E-state index contributed by atoms with van der Waals surface area (Å²) in [6.45, 7) is 2.07. The van der Waals surface area contributed by atoms with Gasteiger partial charge in [0.2, 0.25) is 11.8 Å². The molecule has 0 saturated heterocycles. The van der Waals surface area contributed by atoms with Gasteiger partial charge in [-0.25, -0.2) is 14.4 Å². The van der Waals surface area contributed by atoms with Crippen LogP contribution in [0.1, 0.15) is 12.6 Å². The van der Waals surface area contributed by atoms with Crippen molar-refractivity contribution >= 4 is 22.5 Å². The Hall–Kier alpha value is -5.77. The lowest BCUT2D eigenvalue weighted by atomic mass is 9.99. The number of nitrogens with two attached hydrogens (primary N) is 2. The summed E-state index contributed by atoms with van der Waals surface area (Å²) < 4.78 is 20.2. The van der Waals surface area contributed by atoms with Crippen LogP contribution in [0.5, 0.6) is 11.6 Å². The first-order valence-electron chi connectivity index (χ1n) is 13.4. The number of hydrogen-bond acceptors (Lipinski definition) is 8. The summed E-state index contributed by atoms with van der Waals surface area (Å²) in [5.74, 6) is -0.399. The summed E-state index contributed by atoms with van der Waals surface area (Å²) >= 11 is 0. The van der Waals surface area contributed by atoms with Gasteiger partial charge in [0.05, 0.1) is 12.5 Å². The molecule has 0 aliphatic rings. The molecule has 3 aromatic heterocycles. The largest absolute Gasteiger partial charge is 0.505 e. The third kappa shape index (κ3) is 5.98. The lowest BCUT2D eigenvalue weighted by Gasteiger charge is -2.15. The van der Waals surface area contributed by atoms with Gasteiger partial charge in [-0.3, -0.25) is 9.36 Å². The number of hydrogen-bond donors (Lipinski definition) is 3. The highest BCUT2D eigenvalue weighted by Gasteiger charge is 2.15. The molecule has 6 rings (SSSR count). The first-order chi connectivity index (χ1) is 20.8. The van der Waals surface area contributed by atoms with E-state index >= 15 is 0 Å². The van der Waals surface area contributed by atoms with Crippen LogP contribution in [0.15, 0.2) is 102 Å². The minimum atomic E-state index is -0.728. The number of fused-ring (bicyclic) bond motifs is 1. The molecule has 0 radical (unpaired) electrons. The molecule has 0 fully saturated rings. The van der Waals surface area contributed by atoms with Crippen LogP contribution >= 0.6 is 0 Å². The van der Waals surface area contributed by atoms with Gasteiger partial charge in [0.15, 0.2) is 11.6 Å².